The molecule has 0 saturated carbocycles. The second-order valence-corrected chi connectivity index (χ2v) is 5.18. The Morgan fingerprint density at radius 1 is 1.05 bits per heavy atom. The Balaban J connectivity index is 2.00. The van der Waals surface area contributed by atoms with Crippen molar-refractivity contribution in [1.29, 1.82) is 0 Å². The number of hydrogen-bond donors (Lipinski definition) is 1. The van der Waals surface area contributed by atoms with Gasteiger partial charge in [0.2, 0.25) is 0 Å². The van der Waals surface area contributed by atoms with Crippen molar-refractivity contribution in [2.75, 3.05) is 14.2 Å². The van der Waals surface area contributed by atoms with Gasteiger partial charge < -0.3 is 14.5 Å². The van der Waals surface area contributed by atoms with Crippen LogP contribution in [-0.4, -0.2) is 14.2 Å². The van der Waals surface area contributed by atoms with E-state index in [9.17, 15) is 0 Å². The number of fused-ring (bicyclic) bond motifs is 1. The zero-order chi connectivity index (χ0) is 14.8. The van der Waals surface area contributed by atoms with E-state index in [2.05, 4.69) is 42.6 Å². The third-order valence-corrected chi connectivity index (χ3v) is 3.71. The van der Waals surface area contributed by atoms with Crippen molar-refractivity contribution in [1.82, 2.24) is 5.32 Å². The number of rotatable bonds is 4. The molecule has 1 N–H and O–H groups in total. The summed E-state index contributed by atoms with van der Waals surface area (Å²) < 4.78 is 11.2. The van der Waals surface area contributed by atoms with Gasteiger partial charge in [-0.3, -0.25) is 0 Å². The first-order chi connectivity index (χ1) is 10.2. The summed E-state index contributed by atoms with van der Waals surface area (Å²) in [5.74, 6) is 1.78. The molecule has 0 aliphatic rings. The van der Waals surface area contributed by atoms with Gasteiger partial charge in [0.05, 0.1) is 13.2 Å². The van der Waals surface area contributed by atoms with E-state index in [-0.39, 0.29) is 6.04 Å². The monoisotopic (exact) mass is 281 g/mol. The zero-order valence-corrected chi connectivity index (χ0v) is 12.5. The van der Waals surface area contributed by atoms with E-state index in [1.807, 2.05) is 25.2 Å². The number of methoxy groups -OCH3 is 1. The van der Waals surface area contributed by atoms with E-state index in [1.165, 1.54) is 5.56 Å². The van der Waals surface area contributed by atoms with Crippen LogP contribution in [0.1, 0.15) is 22.9 Å². The molecule has 21 heavy (non-hydrogen) atoms. The van der Waals surface area contributed by atoms with E-state index < -0.39 is 0 Å². The van der Waals surface area contributed by atoms with Crippen LogP contribution in [0.4, 0.5) is 0 Å². The topological polar surface area (TPSA) is 34.4 Å². The van der Waals surface area contributed by atoms with Gasteiger partial charge >= 0.3 is 0 Å². The zero-order valence-electron chi connectivity index (χ0n) is 12.5. The van der Waals surface area contributed by atoms with Crippen LogP contribution in [0.2, 0.25) is 0 Å². The van der Waals surface area contributed by atoms with Crippen molar-refractivity contribution in [3.63, 3.8) is 0 Å². The molecule has 2 aromatic carbocycles. The minimum Gasteiger partial charge on any atom is -0.497 e. The number of benzene rings is 2. The molecule has 0 spiro atoms. The van der Waals surface area contributed by atoms with Crippen molar-refractivity contribution in [2.45, 2.75) is 13.0 Å². The predicted molar refractivity (Wildman–Crippen MR) is 84.8 cm³/mol. The van der Waals surface area contributed by atoms with E-state index in [0.29, 0.717) is 0 Å². The van der Waals surface area contributed by atoms with Gasteiger partial charge in [-0.2, -0.15) is 0 Å². The SMILES string of the molecule is CNC(c1ccc(OC)cc1)c1cc2cc(C)ccc2o1. The van der Waals surface area contributed by atoms with E-state index in [0.717, 1.165) is 28.0 Å². The molecule has 3 aromatic rings. The molecule has 0 aliphatic heterocycles. The number of ether oxygens (including phenoxy) is 1. The molecule has 1 aromatic heterocycles. The van der Waals surface area contributed by atoms with Crippen LogP contribution in [-0.2, 0) is 0 Å². The summed E-state index contributed by atoms with van der Waals surface area (Å²) in [6, 6.07) is 16.4. The lowest BCUT2D eigenvalue weighted by molar-refractivity contribution is 0.414. The van der Waals surface area contributed by atoms with E-state index >= 15 is 0 Å². The highest BCUT2D eigenvalue weighted by Gasteiger charge is 2.16. The second-order valence-electron chi connectivity index (χ2n) is 5.18. The highest BCUT2D eigenvalue weighted by atomic mass is 16.5. The van der Waals surface area contributed by atoms with Crippen LogP contribution >= 0.6 is 0 Å². The average Bonchev–Trinajstić information content (AvgIpc) is 2.91. The summed E-state index contributed by atoms with van der Waals surface area (Å²) in [6.45, 7) is 2.09. The Hall–Kier alpha value is -2.26. The molecule has 0 radical (unpaired) electrons. The van der Waals surface area contributed by atoms with Crippen molar-refractivity contribution in [3.8, 4) is 5.75 Å². The summed E-state index contributed by atoms with van der Waals surface area (Å²) in [4.78, 5) is 0. The minimum absolute atomic E-state index is 0.0311. The first-order valence-corrected chi connectivity index (χ1v) is 7.02. The van der Waals surface area contributed by atoms with Gasteiger partial charge in [0.15, 0.2) is 0 Å². The lowest BCUT2D eigenvalue weighted by Crippen LogP contribution is -2.16. The van der Waals surface area contributed by atoms with Crippen LogP contribution in [0.25, 0.3) is 11.0 Å². The molecule has 0 aliphatic carbocycles. The summed E-state index contributed by atoms with van der Waals surface area (Å²) in [7, 11) is 3.61. The highest BCUT2D eigenvalue weighted by molar-refractivity contribution is 5.79. The number of nitrogens with one attached hydrogen (secondary N) is 1. The summed E-state index contributed by atoms with van der Waals surface area (Å²) in [5.41, 5.74) is 3.30. The number of hydrogen-bond acceptors (Lipinski definition) is 3. The Bertz CT molecular complexity index is 744. The van der Waals surface area contributed by atoms with Crippen LogP contribution in [0.15, 0.2) is 52.9 Å². The number of aryl methyl sites for hydroxylation is 1. The maximum absolute atomic E-state index is 5.99. The fourth-order valence-electron chi connectivity index (χ4n) is 2.60. The van der Waals surface area contributed by atoms with Gasteiger partial charge in [-0.15, -0.1) is 0 Å². The first-order valence-electron chi connectivity index (χ1n) is 7.02. The minimum atomic E-state index is 0.0311. The van der Waals surface area contributed by atoms with Crippen molar-refractivity contribution >= 4 is 11.0 Å². The van der Waals surface area contributed by atoms with E-state index in [1.54, 1.807) is 7.11 Å². The normalized spacial score (nSPS) is 12.5. The smallest absolute Gasteiger partial charge is 0.134 e. The standard InChI is InChI=1S/C18H19NO2/c1-12-4-9-16-14(10-12)11-17(21-16)18(19-2)13-5-7-15(20-3)8-6-13/h4-11,18-19H,1-3H3. The van der Waals surface area contributed by atoms with E-state index in [4.69, 9.17) is 9.15 Å². The highest BCUT2D eigenvalue weighted by Crippen LogP contribution is 2.29. The third kappa shape index (κ3) is 2.65. The average molecular weight is 281 g/mol. The Morgan fingerprint density at radius 2 is 1.81 bits per heavy atom. The molecule has 3 rings (SSSR count). The molecule has 1 heterocycles. The van der Waals surface area contributed by atoms with Crippen molar-refractivity contribution < 1.29 is 9.15 Å². The van der Waals surface area contributed by atoms with Gasteiger partial charge in [0.25, 0.3) is 0 Å². The summed E-state index contributed by atoms with van der Waals surface area (Å²) in [6.07, 6.45) is 0. The predicted octanol–water partition coefficient (Wildman–Crippen LogP) is 4.06. The van der Waals surface area contributed by atoms with Crippen molar-refractivity contribution in [2.24, 2.45) is 0 Å². The van der Waals surface area contributed by atoms with Crippen LogP contribution in [0, 0.1) is 6.92 Å². The molecule has 1 unspecified atom stereocenters. The molecule has 3 heteroatoms. The molecule has 0 saturated heterocycles. The third-order valence-electron chi connectivity index (χ3n) is 3.71. The van der Waals surface area contributed by atoms with Crippen LogP contribution in [0.3, 0.4) is 0 Å². The Labute approximate surface area is 124 Å². The van der Waals surface area contributed by atoms with Gasteiger partial charge in [0, 0.05) is 5.39 Å². The quantitative estimate of drug-likeness (QED) is 0.783. The van der Waals surface area contributed by atoms with Crippen LogP contribution < -0.4 is 10.1 Å². The molecule has 0 fully saturated rings. The molecule has 1 atom stereocenters. The largest absolute Gasteiger partial charge is 0.497 e. The van der Waals surface area contributed by atoms with Gasteiger partial charge in [-0.05, 0) is 49.9 Å². The summed E-state index contributed by atoms with van der Waals surface area (Å²) >= 11 is 0. The van der Waals surface area contributed by atoms with Crippen LogP contribution in [0.5, 0.6) is 5.75 Å². The lowest BCUT2D eigenvalue weighted by atomic mass is 10.0. The fraction of sp³-hybridized carbons (Fsp3) is 0.222. The molecule has 108 valence electrons. The van der Waals surface area contributed by atoms with Gasteiger partial charge in [0.1, 0.15) is 17.1 Å². The van der Waals surface area contributed by atoms with Gasteiger partial charge in [-0.1, -0.05) is 23.8 Å². The Morgan fingerprint density at radius 3 is 2.48 bits per heavy atom. The summed E-state index contributed by atoms with van der Waals surface area (Å²) in [5, 5.41) is 4.45. The number of furan rings is 1. The van der Waals surface area contributed by atoms with Crippen molar-refractivity contribution in [3.05, 3.63) is 65.4 Å². The maximum atomic E-state index is 5.99. The maximum Gasteiger partial charge on any atom is 0.134 e. The van der Waals surface area contributed by atoms with Gasteiger partial charge in [-0.25, -0.2) is 0 Å². The first kappa shape index (κ1) is 13.7. The molecular weight excluding hydrogens is 262 g/mol. The second kappa shape index (κ2) is 5.62. The Kier molecular flexibility index (Phi) is 3.67. The molecule has 0 amide bonds. The lowest BCUT2D eigenvalue weighted by Gasteiger charge is -2.14. The molecule has 0 bridgehead atoms. The molecular formula is C18H19NO2. The fourth-order valence-corrected chi connectivity index (χ4v) is 2.60. The molecule has 3 nitrogen and oxygen atoms in total.